The Morgan fingerprint density at radius 3 is 2.89 bits per heavy atom. The molecule has 0 radical (unpaired) electrons. The molecule has 1 aromatic heterocycles. The first kappa shape index (κ1) is 17.3. The molecule has 6 nitrogen and oxygen atoms in total. The topological polar surface area (TPSA) is 95.0 Å². The van der Waals surface area contributed by atoms with Crippen molar-refractivity contribution < 1.29 is 42.5 Å². The zero-order chi connectivity index (χ0) is 13.0. The Hall–Kier alpha value is 0.260. The monoisotopic (exact) mass is 327 g/mol. The molecule has 0 aliphatic rings. The van der Waals surface area contributed by atoms with Crippen molar-refractivity contribution in [3.05, 3.63) is 23.8 Å². The zero-order valence-electron chi connectivity index (χ0n) is 10.2. The van der Waals surface area contributed by atoms with E-state index >= 15 is 0 Å². The molecular formula is C9H10N3NaO3S3. The molecule has 0 atom stereocenters. The Morgan fingerprint density at radius 2 is 2.16 bits per heavy atom. The van der Waals surface area contributed by atoms with Gasteiger partial charge in [-0.2, -0.15) is 8.75 Å². The molecule has 0 amide bonds. The van der Waals surface area contributed by atoms with Crippen LogP contribution in [0.3, 0.4) is 0 Å². The first-order chi connectivity index (χ1) is 8.56. The standard InChI is InChI=1S/C9H11N3O3S3.Na/c13-18(14,15)16-5-4-10-6-7-2-1-3-8-9(7)12-17-11-8;/h1-3,10H,4-6H2,(H,13,14,15);/q;+1/p-1. The average Bonchev–Trinajstić information content (AvgIpc) is 2.75. The van der Waals surface area contributed by atoms with Crippen LogP contribution in [0, 0.1) is 0 Å². The van der Waals surface area contributed by atoms with E-state index in [-0.39, 0.29) is 35.3 Å². The predicted octanol–water partition coefficient (Wildman–Crippen LogP) is -2.02. The number of hydrogen-bond donors (Lipinski definition) is 1. The molecule has 0 aliphatic heterocycles. The molecule has 1 heterocycles. The Kier molecular flexibility index (Phi) is 7.19. The van der Waals surface area contributed by atoms with Gasteiger partial charge in [0.05, 0.1) is 11.7 Å². The summed E-state index contributed by atoms with van der Waals surface area (Å²) in [6.45, 7) is 1.02. The predicted molar refractivity (Wildman–Crippen MR) is 71.3 cm³/mol. The first-order valence-electron chi connectivity index (χ1n) is 5.07. The molecule has 1 N–H and O–H groups in total. The number of aromatic nitrogens is 2. The van der Waals surface area contributed by atoms with Crippen LogP contribution in [-0.2, 0) is 15.7 Å². The molecule has 0 fully saturated rings. The summed E-state index contributed by atoms with van der Waals surface area (Å²) in [5.41, 5.74) is 2.73. The van der Waals surface area contributed by atoms with Crippen LogP contribution in [0.5, 0.6) is 0 Å². The van der Waals surface area contributed by atoms with Crippen molar-refractivity contribution in [1.82, 2.24) is 14.1 Å². The van der Waals surface area contributed by atoms with E-state index in [9.17, 15) is 13.0 Å². The van der Waals surface area contributed by atoms with Crippen molar-refractivity contribution in [3.8, 4) is 0 Å². The first-order valence-corrected chi connectivity index (χ1v) is 8.71. The number of nitrogens with one attached hydrogen (secondary N) is 1. The van der Waals surface area contributed by atoms with Crippen molar-refractivity contribution in [2.75, 3.05) is 12.3 Å². The third-order valence-corrected chi connectivity index (χ3v) is 4.76. The Morgan fingerprint density at radius 1 is 1.37 bits per heavy atom. The fourth-order valence-corrected chi connectivity index (χ4v) is 3.31. The van der Waals surface area contributed by atoms with Crippen LogP contribution in [0.25, 0.3) is 11.0 Å². The van der Waals surface area contributed by atoms with E-state index in [2.05, 4.69) is 14.1 Å². The Bertz CT molecular complexity index is 632. The molecule has 98 valence electrons. The van der Waals surface area contributed by atoms with E-state index in [1.165, 1.54) is 0 Å². The minimum Gasteiger partial charge on any atom is -0.739 e. The number of nitrogens with zero attached hydrogens (tertiary/aromatic N) is 2. The van der Waals surface area contributed by atoms with Crippen molar-refractivity contribution in [3.63, 3.8) is 0 Å². The number of hydrogen-bond acceptors (Lipinski definition) is 8. The van der Waals surface area contributed by atoms with Crippen LogP contribution in [0.2, 0.25) is 0 Å². The maximum atomic E-state index is 10.4. The fraction of sp³-hybridized carbons (Fsp3) is 0.333. The van der Waals surface area contributed by atoms with Crippen LogP contribution in [-0.4, -0.2) is 34.0 Å². The molecule has 0 unspecified atom stereocenters. The van der Waals surface area contributed by atoms with Crippen LogP contribution in [0.1, 0.15) is 5.56 Å². The van der Waals surface area contributed by atoms with Crippen LogP contribution < -0.4 is 34.9 Å². The molecule has 2 aromatic rings. The Balaban J connectivity index is 0.00000180. The van der Waals surface area contributed by atoms with Gasteiger partial charge in [0.25, 0.3) is 0 Å². The zero-order valence-corrected chi connectivity index (χ0v) is 14.6. The van der Waals surface area contributed by atoms with Gasteiger partial charge in [-0.25, -0.2) is 8.42 Å². The van der Waals surface area contributed by atoms with Gasteiger partial charge in [0.2, 0.25) is 0 Å². The summed E-state index contributed by atoms with van der Waals surface area (Å²) in [6.07, 6.45) is 0. The van der Waals surface area contributed by atoms with Crippen molar-refractivity contribution in [2.45, 2.75) is 6.54 Å². The third-order valence-electron chi connectivity index (χ3n) is 2.19. The van der Waals surface area contributed by atoms with E-state index < -0.39 is 9.15 Å². The summed E-state index contributed by atoms with van der Waals surface area (Å²) in [4.78, 5) is 0. The van der Waals surface area contributed by atoms with Gasteiger partial charge in [0.15, 0.2) is 0 Å². The summed E-state index contributed by atoms with van der Waals surface area (Å²) in [5, 5.41) is 3.07. The molecule has 0 saturated carbocycles. The quantitative estimate of drug-likeness (QED) is 0.283. The minimum atomic E-state index is -4.19. The summed E-state index contributed by atoms with van der Waals surface area (Å²) in [5.74, 6) is 0.233. The summed E-state index contributed by atoms with van der Waals surface area (Å²) >= 11 is 1.16. The second-order valence-electron chi connectivity index (χ2n) is 3.46. The molecule has 0 aliphatic carbocycles. The average molecular weight is 327 g/mol. The summed E-state index contributed by atoms with van der Waals surface area (Å²) in [7, 11) is -3.79. The fourth-order valence-electron chi connectivity index (χ4n) is 1.44. The van der Waals surface area contributed by atoms with Crippen LogP contribution >= 0.6 is 22.5 Å². The second kappa shape index (κ2) is 7.89. The van der Waals surface area contributed by atoms with Crippen molar-refractivity contribution in [1.29, 1.82) is 0 Å². The molecule has 19 heavy (non-hydrogen) atoms. The van der Waals surface area contributed by atoms with Gasteiger partial charge in [-0.05, 0) is 22.4 Å². The number of benzene rings is 1. The molecule has 0 bridgehead atoms. The second-order valence-corrected chi connectivity index (χ2v) is 7.38. The maximum absolute atomic E-state index is 10.4. The van der Waals surface area contributed by atoms with Gasteiger partial charge in [-0.3, -0.25) is 0 Å². The maximum Gasteiger partial charge on any atom is 1.00 e. The normalized spacial score (nSPS) is 11.4. The van der Waals surface area contributed by atoms with Gasteiger partial charge in [-0.15, -0.1) is 0 Å². The smallest absolute Gasteiger partial charge is 0.739 e. The van der Waals surface area contributed by atoms with Gasteiger partial charge < -0.3 is 9.87 Å². The molecule has 1 aromatic carbocycles. The largest absolute Gasteiger partial charge is 1.00 e. The van der Waals surface area contributed by atoms with Crippen molar-refractivity contribution in [2.24, 2.45) is 0 Å². The number of fused-ring (bicyclic) bond motifs is 1. The Labute approximate surface area is 141 Å². The van der Waals surface area contributed by atoms with Crippen LogP contribution in [0.15, 0.2) is 18.2 Å². The van der Waals surface area contributed by atoms with Gasteiger partial charge in [0, 0.05) is 18.8 Å². The van der Waals surface area contributed by atoms with E-state index in [0.717, 1.165) is 28.3 Å². The third kappa shape index (κ3) is 5.64. The number of rotatable bonds is 6. The molecular weight excluding hydrogens is 317 g/mol. The molecule has 2 rings (SSSR count). The van der Waals surface area contributed by atoms with Gasteiger partial charge in [0.1, 0.15) is 20.2 Å². The van der Waals surface area contributed by atoms with Crippen molar-refractivity contribution >= 4 is 42.7 Å². The SMILES string of the molecule is O=S(=O)([O-])SCCNCc1cccc2nsnc12.[Na+]. The van der Waals surface area contributed by atoms with E-state index in [0.29, 0.717) is 23.9 Å². The van der Waals surface area contributed by atoms with E-state index in [1.54, 1.807) is 0 Å². The van der Waals surface area contributed by atoms with E-state index in [1.807, 2.05) is 18.2 Å². The van der Waals surface area contributed by atoms with Crippen LogP contribution in [0.4, 0.5) is 0 Å². The summed E-state index contributed by atoms with van der Waals surface area (Å²) in [6, 6.07) is 5.73. The summed E-state index contributed by atoms with van der Waals surface area (Å²) < 4.78 is 39.4. The minimum absolute atomic E-state index is 0. The molecule has 0 spiro atoms. The van der Waals surface area contributed by atoms with Gasteiger partial charge >= 0.3 is 29.6 Å². The van der Waals surface area contributed by atoms with Gasteiger partial charge in [-0.1, -0.05) is 12.1 Å². The van der Waals surface area contributed by atoms with E-state index in [4.69, 9.17) is 0 Å². The molecule has 10 heteroatoms. The molecule has 0 saturated heterocycles.